The summed E-state index contributed by atoms with van der Waals surface area (Å²) in [4.78, 5) is 24.7. The Labute approximate surface area is 156 Å². The largest absolute Gasteiger partial charge is 0.352 e. The maximum Gasteiger partial charge on any atom is 0.222 e. The summed E-state index contributed by atoms with van der Waals surface area (Å²) in [6.07, 6.45) is -0.181. The number of nitrogens with one attached hydrogen (secondary N) is 1. The van der Waals surface area contributed by atoms with Gasteiger partial charge in [-0.25, -0.2) is 8.42 Å². The fourth-order valence-electron chi connectivity index (χ4n) is 2.90. The van der Waals surface area contributed by atoms with Crippen LogP contribution >= 0.6 is 23.2 Å². The predicted octanol–water partition coefficient (Wildman–Crippen LogP) is 2.04. The Bertz CT molecular complexity index is 843. The van der Waals surface area contributed by atoms with Crippen LogP contribution in [0.5, 0.6) is 0 Å². The van der Waals surface area contributed by atoms with Crippen LogP contribution in [0.4, 0.5) is 0 Å². The second kappa shape index (κ2) is 7.32. The van der Waals surface area contributed by atoms with Gasteiger partial charge in [0, 0.05) is 21.7 Å². The van der Waals surface area contributed by atoms with Gasteiger partial charge in [0.1, 0.15) is 0 Å². The van der Waals surface area contributed by atoms with E-state index < -0.39 is 39.4 Å². The molecule has 1 amide bonds. The van der Waals surface area contributed by atoms with Crippen molar-refractivity contribution < 1.29 is 18.0 Å². The highest BCUT2D eigenvalue weighted by molar-refractivity contribution is 7.91. The molecule has 1 fully saturated rings. The Morgan fingerprint density at radius 3 is 2.40 bits per heavy atom. The molecule has 1 aliphatic rings. The van der Waals surface area contributed by atoms with Crippen molar-refractivity contribution in [2.75, 3.05) is 11.5 Å². The van der Waals surface area contributed by atoms with Gasteiger partial charge in [0.25, 0.3) is 0 Å². The molecule has 1 heterocycles. The summed E-state index contributed by atoms with van der Waals surface area (Å²) in [6.45, 7) is 1.19. The number of hydrogen-bond donors (Lipinski definition) is 1. The van der Waals surface area contributed by atoms with Crippen molar-refractivity contribution in [2.24, 2.45) is 0 Å². The second-order valence-corrected chi connectivity index (χ2v) is 9.06. The summed E-state index contributed by atoms with van der Waals surface area (Å²) >= 11 is 12.3. The number of ketones is 1. The van der Waals surface area contributed by atoms with Crippen LogP contribution < -0.4 is 5.32 Å². The molecule has 25 heavy (non-hydrogen) atoms. The third-order valence-electron chi connectivity index (χ3n) is 4.20. The van der Waals surface area contributed by atoms with Gasteiger partial charge in [-0.1, -0.05) is 29.3 Å². The number of sulfone groups is 1. The van der Waals surface area contributed by atoms with E-state index in [0.29, 0.717) is 6.42 Å². The molecular formula is C16H16Cl2N2O4S. The van der Waals surface area contributed by atoms with Gasteiger partial charge in [-0.3, -0.25) is 9.59 Å². The summed E-state index contributed by atoms with van der Waals surface area (Å²) in [6, 6.07) is 5.90. The number of benzene rings is 1. The van der Waals surface area contributed by atoms with Gasteiger partial charge >= 0.3 is 0 Å². The molecule has 1 saturated heterocycles. The fourth-order valence-corrected chi connectivity index (χ4v) is 5.29. The third kappa shape index (κ3) is 4.14. The monoisotopic (exact) mass is 402 g/mol. The zero-order chi connectivity index (χ0) is 18.8. The van der Waals surface area contributed by atoms with Gasteiger partial charge in [-0.15, -0.1) is 0 Å². The average Bonchev–Trinajstić information content (AvgIpc) is 2.84. The van der Waals surface area contributed by atoms with Gasteiger partial charge in [0.15, 0.2) is 21.0 Å². The molecule has 134 valence electrons. The molecule has 0 bridgehead atoms. The minimum absolute atomic E-state index is 0.00435. The first-order valence-corrected chi connectivity index (χ1v) is 10.1. The van der Waals surface area contributed by atoms with Crippen molar-refractivity contribution in [3.63, 3.8) is 0 Å². The lowest BCUT2D eigenvalue weighted by atomic mass is 9.75. The van der Waals surface area contributed by atoms with Gasteiger partial charge in [-0.2, -0.15) is 5.26 Å². The normalized spacial score (nSPS) is 21.1. The predicted molar refractivity (Wildman–Crippen MR) is 94.3 cm³/mol. The van der Waals surface area contributed by atoms with Gasteiger partial charge in [-0.05, 0) is 25.5 Å². The Hall–Kier alpha value is -1.62. The lowest BCUT2D eigenvalue weighted by Crippen LogP contribution is -2.43. The summed E-state index contributed by atoms with van der Waals surface area (Å²) in [7, 11) is -3.16. The highest BCUT2D eigenvalue weighted by Gasteiger charge is 2.43. The van der Waals surface area contributed by atoms with Crippen LogP contribution in [-0.2, 0) is 24.8 Å². The first-order chi connectivity index (χ1) is 11.6. The zero-order valence-corrected chi connectivity index (χ0v) is 15.7. The highest BCUT2D eigenvalue weighted by Crippen LogP contribution is 2.39. The number of nitrogens with zero attached hydrogens (tertiary/aromatic N) is 1. The zero-order valence-electron chi connectivity index (χ0n) is 13.4. The van der Waals surface area contributed by atoms with Crippen LogP contribution in [0.2, 0.25) is 10.0 Å². The quantitative estimate of drug-likeness (QED) is 0.810. The van der Waals surface area contributed by atoms with Crippen LogP contribution in [0.15, 0.2) is 18.2 Å². The van der Waals surface area contributed by atoms with E-state index in [2.05, 4.69) is 5.32 Å². The summed E-state index contributed by atoms with van der Waals surface area (Å²) < 4.78 is 23.0. The summed E-state index contributed by atoms with van der Waals surface area (Å²) in [5.74, 6) is -1.32. The van der Waals surface area contributed by atoms with Crippen LogP contribution in [0.3, 0.4) is 0 Å². The molecular weight excluding hydrogens is 387 g/mol. The van der Waals surface area contributed by atoms with E-state index in [9.17, 15) is 23.3 Å². The topological polar surface area (TPSA) is 104 Å². The number of carbonyl (C=O) groups is 2. The first-order valence-electron chi connectivity index (χ1n) is 7.48. The molecule has 0 radical (unpaired) electrons. The number of nitriles is 1. The molecule has 0 unspecified atom stereocenters. The van der Waals surface area contributed by atoms with E-state index in [-0.39, 0.29) is 27.1 Å². The molecule has 0 saturated carbocycles. The molecule has 2 atom stereocenters. The molecule has 1 aliphatic heterocycles. The van der Waals surface area contributed by atoms with Crippen molar-refractivity contribution >= 4 is 44.7 Å². The van der Waals surface area contributed by atoms with Gasteiger partial charge in [0.05, 0.1) is 24.0 Å². The average molecular weight is 403 g/mol. The van der Waals surface area contributed by atoms with Crippen LogP contribution in [0.25, 0.3) is 0 Å². The SMILES string of the molecule is CC(=O)[C@](C#N)(CC(=O)N[C@@H]1CCS(=O)(=O)C1)c1c(Cl)cccc1Cl. The van der Waals surface area contributed by atoms with Crippen molar-refractivity contribution in [3.05, 3.63) is 33.8 Å². The second-order valence-electron chi connectivity index (χ2n) is 6.01. The molecule has 1 N–H and O–H groups in total. The Kier molecular flexibility index (Phi) is 5.77. The molecule has 1 aromatic rings. The number of rotatable bonds is 5. The maximum atomic E-state index is 12.4. The van der Waals surface area contributed by atoms with Gasteiger partial charge in [0.2, 0.25) is 5.91 Å². The minimum Gasteiger partial charge on any atom is -0.352 e. The standard InChI is InChI=1S/C16H16Cl2N2O4S/c1-10(21)16(9-19,15-12(17)3-2-4-13(15)18)7-14(22)20-11-5-6-25(23,24)8-11/h2-4,11H,5-8H2,1H3,(H,20,22)/t11-,16-/m1/s1. The Balaban J connectivity index is 2.32. The van der Waals surface area contributed by atoms with Crippen molar-refractivity contribution in [1.82, 2.24) is 5.32 Å². The number of hydrogen-bond acceptors (Lipinski definition) is 5. The number of carbonyl (C=O) groups excluding carboxylic acids is 2. The van der Waals surface area contributed by atoms with Crippen LogP contribution in [0.1, 0.15) is 25.3 Å². The van der Waals surface area contributed by atoms with Crippen LogP contribution in [-0.4, -0.2) is 37.7 Å². The highest BCUT2D eigenvalue weighted by atomic mass is 35.5. The summed E-state index contributed by atoms with van der Waals surface area (Å²) in [5, 5.41) is 12.5. The lowest BCUT2D eigenvalue weighted by molar-refractivity contribution is -0.128. The Morgan fingerprint density at radius 1 is 1.36 bits per heavy atom. The van der Waals surface area contributed by atoms with Crippen LogP contribution in [0, 0.1) is 11.3 Å². The minimum atomic E-state index is -3.16. The van der Waals surface area contributed by atoms with E-state index in [1.807, 2.05) is 6.07 Å². The van der Waals surface area contributed by atoms with E-state index in [0.717, 1.165) is 0 Å². The molecule has 0 spiro atoms. The molecule has 2 rings (SSSR count). The Morgan fingerprint density at radius 2 is 1.96 bits per heavy atom. The lowest BCUT2D eigenvalue weighted by Gasteiger charge is -2.26. The molecule has 0 aliphatic carbocycles. The van der Waals surface area contributed by atoms with E-state index in [4.69, 9.17) is 23.2 Å². The van der Waals surface area contributed by atoms with E-state index in [1.54, 1.807) is 6.07 Å². The molecule has 0 aromatic heterocycles. The summed E-state index contributed by atoms with van der Waals surface area (Å²) in [5.41, 5.74) is -1.75. The molecule has 6 nitrogen and oxygen atoms in total. The number of amides is 1. The third-order valence-corrected chi connectivity index (χ3v) is 6.60. The van der Waals surface area contributed by atoms with E-state index >= 15 is 0 Å². The smallest absolute Gasteiger partial charge is 0.222 e. The maximum absolute atomic E-state index is 12.4. The van der Waals surface area contributed by atoms with Crippen molar-refractivity contribution in [1.29, 1.82) is 5.26 Å². The van der Waals surface area contributed by atoms with Crippen molar-refractivity contribution in [3.8, 4) is 6.07 Å². The first kappa shape index (κ1) is 19.7. The van der Waals surface area contributed by atoms with E-state index in [1.165, 1.54) is 19.1 Å². The number of halogens is 2. The van der Waals surface area contributed by atoms with Gasteiger partial charge < -0.3 is 5.32 Å². The fraction of sp³-hybridized carbons (Fsp3) is 0.438. The molecule has 1 aromatic carbocycles. The number of Topliss-reactive ketones (excluding diaryl/α,β-unsaturated/α-hetero) is 1. The molecule has 9 heteroatoms. The van der Waals surface area contributed by atoms with Crippen molar-refractivity contribution in [2.45, 2.75) is 31.2 Å².